The quantitative estimate of drug-likeness (QED) is 0.805. The lowest BCUT2D eigenvalue weighted by Gasteiger charge is -2.06. The predicted octanol–water partition coefficient (Wildman–Crippen LogP) is 0.249. The van der Waals surface area contributed by atoms with Crippen molar-refractivity contribution in [2.45, 2.75) is 19.4 Å². The summed E-state index contributed by atoms with van der Waals surface area (Å²) < 4.78 is 24.0. The lowest BCUT2D eigenvalue weighted by atomic mass is 10.2. The first-order chi connectivity index (χ1) is 7.39. The Labute approximate surface area is 92.8 Å². The molecule has 16 heavy (non-hydrogen) atoms. The van der Waals surface area contributed by atoms with E-state index in [0.29, 0.717) is 12.1 Å². The highest BCUT2D eigenvalue weighted by atomic mass is 32.2. The molecular formula is C9H12N2O4S. The van der Waals surface area contributed by atoms with E-state index in [2.05, 4.69) is 5.10 Å². The van der Waals surface area contributed by atoms with Gasteiger partial charge in [0.05, 0.1) is 23.2 Å². The molecule has 1 aliphatic heterocycles. The summed E-state index contributed by atoms with van der Waals surface area (Å²) in [4.78, 5) is 10.8. The number of carboxylic acid groups (broad SMARTS) is 1. The predicted molar refractivity (Wildman–Crippen MR) is 56.2 cm³/mol. The normalized spacial score (nSPS) is 23.4. The molecule has 1 fully saturated rings. The van der Waals surface area contributed by atoms with Crippen LogP contribution >= 0.6 is 0 Å². The minimum Gasteiger partial charge on any atom is -0.478 e. The summed E-state index contributed by atoms with van der Waals surface area (Å²) in [5.41, 5.74) is 0.543. The standard InChI is InChI=1S/C9H12N2O4S/c1-6-8(9(12)13)4-11(10-6)7-2-3-16(14,15)5-7/h4,7H,2-3,5H2,1H3,(H,12,13). The molecule has 0 radical (unpaired) electrons. The number of carboxylic acids is 1. The summed E-state index contributed by atoms with van der Waals surface area (Å²) in [7, 11) is -2.98. The zero-order chi connectivity index (χ0) is 11.9. The first kappa shape index (κ1) is 11.1. The molecule has 0 saturated carbocycles. The van der Waals surface area contributed by atoms with Crippen molar-refractivity contribution in [2.75, 3.05) is 11.5 Å². The molecule has 1 aliphatic rings. The smallest absolute Gasteiger partial charge is 0.339 e. The lowest BCUT2D eigenvalue weighted by Crippen LogP contribution is -2.11. The highest BCUT2D eigenvalue weighted by Crippen LogP contribution is 2.23. The highest BCUT2D eigenvalue weighted by Gasteiger charge is 2.30. The minimum absolute atomic E-state index is 0.0488. The van der Waals surface area contributed by atoms with Crippen molar-refractivity contribution in [1.29, 1.82) is 0 Å². The molecule has 1 aromatic rings. The van der Waals surface area contributed by atoms with Gasteiger partial charge in [0.2, 0.25) is 0 Å². The molecule has 2 heterocycles. The van der Waals surface area contributed by atoms with Crippen LogP contribution in [-0.4, -0.2) is 40.8 Å². The van der Waals surface area contributed by atoms with Gasteiger partial charge in [-0.15, -0.1) is 0 Å². The molecule has 2 rings (SSSR count). The number of carbonyl (C=O) groups is 1. The fraction of sp³-hybridized carbons (Fsp3) is 0.556. The summed E-state index contributed by atoms with van der Waals surface area (Å²) in [6, 6.07) is -0.225. The third kappa shape index (κ3) is 1.95. The second kappa shape index (κ2) is 3.58. The number of hydrogen-bond acceptors (Lipinski definition) is 4. The SMILES string of the molecule is Cc1nn(C2CCS(=O)(=O)C2)cc1C(=O)O. The van der Waals surface area contributed by atoms with Crippen LogP contribution < -0.4 is 0 Å². The van der Waals surface area contributed by atoms with Crippen LogP contribution in [0, 0.1) is 6.92 Å². The van der Waals surface area contributed by atoms with Crippen molar-refractivity contribution in [3.05, 3.63) is 17.5 Å². The maximum atomic E-state index is 11.3. The van der Waals surface area contributed by atoms with Gasteiger partial charge in [0.15, 0.2) is 9.84 Å². The topological polar surface area (TPSA) is 89.3 Å². The van der Waals surface area contributed by atoms with E-state index in [9.17, 15) is 13.2 Å². The number of aromatic nitrogens is 2. The van der Waals surface area contributed by atoms with Crippen molar-refractivity contribution in [2.24, 2.45) is 0 Å². The molecule has 88 valence electrons. The second-order valence-electron chi connectivity index (χ2n) is 3.97. The van der Waals surface area contributed by atoms with Crippen LogP contribution in [0.2, 0.25) is 0 Å². The molecule has 0 spiro atoms. The van der Waals surface area contributed by atoms with E-state index in [0.717, 1.165) is 0 Å². The molecular weight excluding hydrogens is 232 g/mol. The Balaban J connectivity index is 2.30. The van der Waals surface area contributed by atoms with E-state index in [-0.39, 0.29) is 23.1 Å². The third-order valence-corrected chi connectivity index (χ3v) is 4.48. The van der Waals surface area contributed by atoms with Gasteiger partial charge in [0.1, 0.15) is 5.56 Å². The maximum absolute atomic E-state index is 11.3. The fourth-order valence-electron chi connectivity index (χ4n) is 1.86. The number of rotatable bonds is 2. The van der Waals surface area contributed by atoms with Crippen molar-refractivity contribution < 1.29 is 18.3 Å². The average Bonchev–Trinajstić information content (AvgIpc) is 2.69. The Hall–Kier alpha value is -1.37. The Morgan fingerprint density at radius 3 is 2.75 bits per heavy atom. The van der Waals surface area contributed by atoms with E-state index >= 15 is 0 Å². The first-order valence-electron chi connectivity index (χ1n) is 4.88. The molecule has 0 bridgehead atoms. The summed E-state index contributed by atoms with van der Waals surface area (Å²) in [5, 5.41) is 12.9. The number of aryl methyl sites for hydroxylation is 1. The van der Waals surface area contributed by atoms with Gasteiger partial charge < -0.3 is 5.11 Å². The lowest BCUT2D eigenvalue weighted by molar-refractivity contribution is 0.0696. The van der Waals surface area contributed by atoms with Crippen LogP contribution in [0.15, 0.2) is 6.20 Å². The number of sulfone groups is 1. The molecule has 1 saturated heterocycles. The Bertz CT molecular complexity index is 532. The van der Waals surface area contributed by atoms with Gasteiger partial charge in [0.25, 0.3) is 0 Å². The molecule has 6 nitrogen and oxygen atoms in total. The minimum atomic E-state index is -2.98. The molecule has 1 unspecified atom stereocenters. The van der Waals surface area contributed by atoms with Gasteiger partial charge in [0, 0.05) is 6.20 Å². The summed E-state index contributed by atoms with van der Waals surface area (Å²) in [5.74, 6) is -0.837. The zero-order valence-corrected chi connectivity index (χ0v) is 9.57. The summed E-state index contributed by atoms with van der Waals surface area (Å²) in [6.07, 6.45) is 1.91. The van der Waals surface area contributed by atoms with Crippen molar-refractivity contribution in [1.82, 2.24) is 9.78 Å². The third-order valence-electron chi connectivity index (χ3n) is 2.73. The van der Waals surface area contributed by atoms with E-state index < -0.39 is 15.8 Å². The van der Waals surface area contributed by atoms with Crippen LogP contribution in [0.3, 0.4) is 0 Å². The maximum Gasteiger partial charge on any atom is 0.339 e. The monoisotopic (exact) mass is 244 g/mol. The Morgan fingerprint density at radius 1 is 1.62 bits per heavy atom. The summed E-state index contributed by atoms with van der Waals surface area (Å²) in [6.45, 7) is 1.60. The van der Waals surface area contributed by atoms with Crippen LogP contribution in [0.4, 0.5) is 0 Å². The number of hydrogen-bond donors (Lipinski definition) is 1. The fourth-order valence-corrected chi connectivity index (χ4v) is 3.57. The molecule has 1 atom stereocenters. The summed E-state index contributed by atoms with van der Waals surface area (Å²) >= 11 is 0. The highest BCUT2D eigenvalue weighted by molar-refractivity contribution is 7.91. The number of nitrogens with zero attached hydrogens (tertiary/aromatic N) is 2. The average molecular weight is 244 g/mol. The van der Waals surface area contributed by atoms with Gasteiger partial charge in [-0.1, -0.05) is 0 Å². The van der Waals surface area contributed by atoms with Crippen molar-refractivity contribution in [3.8, 4) is 0 Å². The molecule has 7 heteroatoms. The second-order valence-corrected chi connectivity index (χ2v) is 6.20. The van der Waals surface area contributed by atoms with Crippen LogP contribution in [0.25, 0.3) is 0 Å². The van der Waals surface area contributed by atoms with E-state index in [1.165, 1.54) is 10.9 Å². The van der Waals surface area contributed by atoms with Gasteiger partial charge in [-0.25, -0.2) is 13.2 Å². The van der Waals surface area contributed by atoms with Gasteiger partial charge in [-0.2, -0.15) is 5.10 Å². The van der Waals surface area contributed by atoms with Crippen LogP contribution in [0.5, 0.6) is 0 Å². The van der Waals surface area contributed by atoms with Crippen molar-refractivity contribution >= 4 is 15.8 Å². The Kier molecular flexibility index (Phi) is 2.49. The van der Waals surface area contributed by atoms with Gasteiger partial charge >= 0.3 is 5.97 Å². The van der Waals surface area contributed by atoms with Crippen LogP contribution in [0.1, 0.15) is 28.5 Å². The van der Waals surface area contributed by atoms with E-state index in [4.69, 9.17) is 5.11 Å². The van der Waals surface area contributed by atoms with E-state index in [1.54, 1.807) is 6.92 Å². The first-order valence-corrected chi connectivity index (χ1v) is 6.70. The number of aromatic carboxylic acids is 1. The van der Waals surface area contributed by atoms with Crippen molar-refractivity contribution in [3.63, 3.8) is 0 Å². The molecule has 1 aromatic heterocycles. The molecule has 0 aliphatic carbocycles. The molecule has 0 aromatic carbocycles. The Morgan fingerprint density at radius 2 is 2.31 bits per heavy atom. The molecule has 1 N–H and O–H groups in total. The van der Waals surface area contributed by atoms with E-state index in [1.807, 2.05) is 0 Å². The molecule has 0 amide bonds. The van der Waals surface area contributed by atoms with Crippen LogP contribution in [-0.2, 0) is 9.84 Å². The largest absolute Gasteiger partial charge is 0.478 e. The zero-order valence-electron chi connectivity index (χ0n) is 8.75. The van der Waals surface area contributed by atoms with Gasteiger partial charge in [-0.3, -0.25) is 4.68 Å². The van der Waals surface area contributed by atoms with Gasteiger partial charge in [-0.05, 0) is 13.3 Å².